The molecule has 3 rings (SSSR count). The minimum atomic E-state index is -0.0223. The van der Waals surface area contributed by atoms with Crippen LogP contribution in [0.25, 0.3) is 5.69 Å². The first kappa shape index (κ1) is 20.5. The van der Waals surface area contributed by atoms with Crippen LogP contribution in [-0.4, -0.2) is 34.8 Å². The van der Waals surface area contributed by atoms with E-state index in [1.807, 2.05) is 48.3 Å². The highest BCUT2D eigenvalue weighted by Gasteiger charge is 2.11. The lowest BCUT2D eigenvalue weighted by Gasteiger charge is -2.16. The van der Waals surface area contributed by atoms with Gasteiger partial charge in [-0.2, -0.15) is 5.10 Å². The zero-order chi connectivity index (χ0) is 17.5. The smallest absolute Gasteiger partial charge is 0.251 e. The van der Waals surface area contributed by atoms with Gasteiger partial charge in [0, 0.05) is 30.9 Å². The number of aryl methyl sites for hydroxylation is 1. The number of halogens is 1. The zero-order valence-corrected chi connectivity index (χ0v) is 16.2. The first-order chi connectivity index (χ1) is 12.2. The highest BCUT2D eigenvalue weighted by Crippen LogP contribution is 2.16. The molecule has 1 aromatic carbocycles. The van der Waals surface area contributed by atoms with Gasteiger partial charge in [-0.1, -0.05) is 25.7 Å². The minimum Gasteiger partial charge on any atom is -0.351 e. The zero-order valence-electron chi connectivity index (χ0n) is 15.4. The predicted octanol–water partition coefficient (Wildman–Crippen LogP) is 3.64. The highest BCUT2D eigenvalue weighted by atomic mass is 35.5. The predicted molar refractivity (Wildman–Crippen MR) is 107 cm³/mol. The molecule has 26 heavy (non-hydrogen) atoms. The molecule has 1 fully saturated rings. The fourth-order valence-electron chi connectivity index (χ4n) is 3.36. The molecule has 0 radical (unpaired) electrons. The van der Waals surface area contributed by atoms with Gasteiger partial charge in [-0.15, -0.1) is 12.4 Å². The van der Waals surface area contributed by atoms with E-state index in [0.29, 0.717) is 18.2 Å². The standard InChI is InChI=1S/C20H28N4O.ClH/c1-16-14-23-24(15-16)19-10-8-17(9-11-19)20(25)22-13-12-21-18-6-4-2-3-5-7-18;/h8-11,14-15,18,21H,2-7,12-13H2,1H3,(H,22,25);1H. The normalized spacial score (nSPS) is 15.1. The lowest BCUT2D eigenvalue weighted by molar-refractivity contribution is 0.0953. The Hall–Kier alpha value is -1.85. The fraction of sp³-hybridized carbons (Fsp3) is 0.500. The average molecular weight is 377 g/mol. The Bertz CT molecular complexity index is 675. The number of aromatic nitrogens is 2. The van der Waals surface area contributed by atoms with Crippen LogP contribution >= 0.6 is 12.4 Å². The van der Waals surface area contributed by atoms with Crippen LogP contribution in [0.4, 0.5) is 0 Å². The molecule has 0 saturated heterocycles. The van der Waals surface area contributed by atoms with Gasteiger partial charge in [0.15, 0.2) is 0 Å². The monoisotopic (exact) mass is 376 g/mol. The summed E-state index contributed by atoms with van der Waals surface area (Å²) in [6.45, 7) is 3.50. The Morgan fingerprint density at radius 1 is 1.12 bits per heavy atom. The summed E-state index contributed by atoms with van der Waals surface area (Å²) in [5, 5.41) is 10.8. The Kier molecular flexibility index (Phi) is 8.13. The number of amides is 1. The van der Waals surface area contributed by atoms with Crippen LogP contribution in [0.1, 0.15) is 54.4 Å². The third-order valence-corrected chi connectivity index (χ3v) is 4.80. The van der Waals surface area contributed by atoms with Crippen molar-refractivity contribution < 1.29 is 4.79 Å². The van der Waals surface area contributed by atoms with Crippen molar-refractivity contribution in [3.8, 4) is 5.69 Å². The van der Waals surface area contributed by atoms with Crippen LogP contribution in [0.3, 0.4) is 0 Å². The van der Waals surface area contributed by atoms with E-state index in [2.05, 4.69) is 15.7 Å². The van der Waals surface area contributed by atoms with Crippen LogP contribution < -0.4 is 10.6 Å². The first-order valence-electron chi connectivity index (χ1n) is 9.36. The van der Waals surface area contributed by atoms with Crippen molar-refractivity contribution in [1.29, 1.82) is 0 Å². The summed E-state index contributed by atoms with van der Waals surface area (Å²) >= 11 is 0. The summed E-state index contributed by atoms with van der Waals surface area (Å²) in [6, 6.07) is 8.16. The van der Waals surface area contributed by atoms with Crippen LogP contribution in [0.15, 0.2) is 36.7 Å². The van der Waals surface area contributed by atoms with E-state index in [1.165, 1.54) is 38.5 Å². The van der Waals surface area contributed by atoms with Crippen molar-refractivity contribution in [2.24, 2.45) is 0 Å². The molecule has 1 heterocycles. The molecule has 2 N–H and O–H groups in total. The van der Waals surface area contributed by atoms with Crippen molar-refractivity contribution in [3.05, 3.63) is 47.8 Å². The fourth-order valence-corrected chi connectivity index (χ4v) is 3.36. The highest BCUT2D eigenvalue weighted by molar-refractivity contribution is 5.94. The Morgan fingerprint density at radius 2 is 1.81 bits per heavy atom. The number of nitrogens with zero attached hydrogens (tertiary/aromatic N) is 2. The van der Waals surface area contributed by atoms with E-state index in [-0.39, 0.29) is 18.3 Å². The third-order valence-electron chi connectivity index (χ3n) is 4.80. The van der Waals surface area contributed by atoms with Crippen LogP contribution in [-0.2, 0) is 0 Å². The number of hydrogen-bond donors (Lipinski definition) is 2. The van der Waals surface area contributed by atoms with Crippen molar-refractivity contribution in [2.75, 3.05) is 13.1 Å². The lowest BCUT2D eigenvalue weighted by Crippen LogP contribution is -2.36. The molecule has 6 heteroatoms. The molecule has 2 aromatic rings. The molecule has 1 saturated carbocycles. The van der Waals surface area contributed by atoms with Gasteiger partial charge in [0.2, 0.25) is 0 Å². The Balaban J connectivity index is 0.00000243. The van der Waals surface area contributed by atoms with E-state index in [1.54, 1.807) is 0 Å². The lowest BCUT2D eigenvalue weighted by atomic mass is 10.1. The molecule has 1 aromatic heterocycles. The maximum atomic E-state index is 12.2. The maximum Gasteiger partial charge on any atom is 0.251 e. The van der Waals surface area contributed by atoms with Crippen molar-refractivity contribution in [3.63, 3.8) is 0 Å². The number of hydrogen-bond acceptors (Lipinski definition) is 3. The Morgan fingerprint density at radius 3 is 2.42 bits per heavy atom. The van der Waals surface area contributed by atoms with Gasteiger partial charge in [0.1, 0.15) is 0 Å². The van der Waals surface area contributed by atoms with Crippen LogP contribution in [0, 0.1) is 6.92 Å². The summed E-state index contributed by atoms with van der Waals surface area (Å²) in [5.74, 6) is -0.0223. The number of benzene rings is 1. The molecule has 0 atom stereocenters. The van der Waals surface area contributed by atoms with E-state index in [9.17, 15) is 4.79 Å². The molecule has 1 amide bonds. The van der Waals surface area contributed by atoms with E-state index in [0.717, 1.165) is 17.8 Å². The van der Waals surface area contributed by atoms with Gasteiger partial charge < -0.3 is 10.6 Å². The van der Waals surface area contributed by atoms with Gasteiger partial charge in [0.05, 0.1) is 11.9 Å². The summed E-state index contributed by atoms with van der Waals surface area (Å²) in [4.78, 5) is 12.2. The van der Waals surface area contributed by atoms with Crippen molar-refractivity contribution in [2.45, 2.75) is 51.5 Å². The van der Waals surface area contributed by atoms with E-state index in [4.69, 9.17) is 0 Å². The topological polar surface area (TPSA) is 59.0 Å². The average Bonchev–Trinajstić information content (AvgIpc) is 2.90. The Labute approximate surface area is 162 Å². The quantitative estimate of drug-likeness (QED) is 0.597. The van der Waals surface area contributed by atoms with E-state index < -0.39 is 0 Å². The summed E-state index contributed by atoms with van der Waals surface area (Å²) < 4.78 is 1.81. The molecule has 1 aliphatic carbocycles. The molecule has 142 valence electrons. The van der Waals surface area contributed by atoms with Crippen molar-refractivity contribution in [1.82, 2.24) is 20.4 Å². The first-order valence-corrected chi connectivity index (χ1v) is 9.36. The minimum absolute atomic E-state index is 0. The van der Waals surface area contributed by atoms with Gasteiger partial charge in [-0.05, 0) is 49.6 Å². The summed E-state index contributed by atoms with van der Waals surface area (Å²) in [6.07, 6.45) is 11.7. The maximum absolute atomic E-state index is 12.2. The molecule has 0 spiro atoms. The molecule has 1 aliphatic rings. The van der Waals surface area contributed by atoms with Crippen molar-refractivity contribution >= 4 is 18.3 Å². The second-order valence-electron chi connectivity index (χ2n) is 6.91. The van der Waals surface area contributed by atoms with Crippen LogP contribution in [0.2, 0.25) is 0 Å². The van der Waals surface area contributed by atoms with Gasteiger partial charge in [0.25, 0.3) is 5.91 Å². The third kappa shape index (κ3) is 5.85. The molecule has 0 aliphatic heterocycles. The SMILES string of the molecule is Cc1cnn(-c2ccc(C(=O)NCCNC3CCCCCC3)cc2)c1.Cl. The number of carbonyl (C=O) groups excluding carboxylic acids is 1. The molecular formula is C20H29ClN4O. The molecular weight excluding hydrogens is 348 g/mol. The largest absolute Gasteiger partial charge is 0.351 e. The molecule has 0 unspecified atom stereocenters. The van der Waals surface area contributed by atoms with Crippen LogP contribution in [0.5, 0.6) is 0 Å². The summed E-state index contributed by atoms with van der Waals surface area (Å²) in [5.41, 5.74) is 2.75. The number of nitrogens with one attached hydrogen (secondary N) is 2. The van der Waals surface area contributed by atoms with Gasteiger partial charge in [-0.25, -0.2) is 4.68 Å². The van der Waals surface area contributed by atoms with Gasteiger partial charge >= 0.3 is 0 Å². The second-order valence-corrected chi connectivity index (χ2v) is 6.91. The van der Waals surface area contributed by atoms with Gasteiger partial charge in [-0.3, -0.25) is 4.79 Å². The van der Waals surface area contributed by atoms with E-state index >= 15 is 0 Å². The number of rotatable bonds is 6. The molecule has 5 nitrogen and oxygen atoms in total. The summed E-state index contributed by atoms with van der Waals surface area (Å²) in [7, 11) is 0. The number of carbonyl (C=O) groups is 1. The molecule has 0 bridgehead atoms. The second kappa shape index (κ2) is 10.3.